The van der Waals surface area contributed by atoms with Gasteiger partial charge in [-0.25, -0.2) is 4.98 Å². The summed E-state index contributed by atoms with van der Waals surface area (Å²) in [6.45, 7) is 0.939. The molecule has 31 heavy (non-hydrogen) atoms. The number of para-hydroxylation sites is 1. The Morgan fingerprint density at radius 2 is 2.03 bits per heavy atom. The number of pyridine rings is 2. The molecule has 2 N–H and O–H groups in total. The van der Waals surface area contributed by atoms with Gasteiger partial charge in [-0.3, -0.25) is 9.78 Å². The Balaban J connectivity index is 1.33. The van der Waals surface area contributed by atoms with Crippen molar-refractivity contribution >= 4 is 27.8 Å². The molecule has 1 unspecified atom stereocenters. The van der Waals surface area contributed by atoms with Crippen molar-refractivity contribution in [1.82, 2.24) is 24.8 Å². The fourth-order valence-electron chi connectivity index (χ4n) is 4.64. The van der Waals surface area contributed by atoms with Crippen LogP contribution in [0.5, 0.6) is 0 Å². The first-order valence-electron chi connectivity index (χ1n) is 10.6. The van der Waals surface area contributed by atoms with Crippen molar-refractivity contribution in [2.45, 2.75) is 25.4 Å². The van der Waals surface area contributed by atoms with E-state index in [1.807, 2.05) is 36.7 Å². The SMILES string of the molecule is O=C(NC1CCCn2c(-c3cnc4ccccc4c3)ccc21)c1ccnc2[nH]ccc12. The molecule has 1 amide bonds. The van der Waals surface area contributed by atoms with Crippen LogP contribution >= 0.6 is 0 Å². The van der Waals surface area contributed by atoms with Crippen LogP contribution in [0.4, 0.5) is 0 Å². The second kappa shape index (κ2) is 7.09. The van der Waals surface area contributed by atoms with Gasteiger partial charge in [-0.05, 0) is 49.2 Å². The van der Waals surface area contributed by atoms with Gasteiger partial charge in [0.1, 0.15) is 5.65 Å². The topological polar surface area (TPSA) is 75.6 Å². The van der Waals surface area contributed by atoms with Gasteiger partial charge in [0.05, 0.1) is 17.1 Å². The van der Waals surface area contributed by atoms with Crippen LogP contribution < -0.4 is 5.32 Å². The Morgan fingerprint density at radius 1 is 1.10 bits per heavy atom. The molecule has 1 aliphatic heterocycles. The van der Waals surface area contributed by atoms with Crippen molar-refractivity contribution in [2.75, 3.05) is 0 Å². The maximum atomic E-state index is 13.1. The van der Waals surface area contributed by atoms with E-state index in [4.69, 9.17) is 0 Å². The first kappa shape index (κ1) is 17.9. The second-order valence-corrected chi connectivity index (χ2v) is 7.98. The highest BCUT2D eigenvalue weighted by molar-refractivity contribution is 6.05. The minimum absolute atomic E-state index is 0.0226. The van der Waals surface area contributed by atoms with Crippen LogP contribution in [-0.2, 0) is 6.54 Å². The van der Waals surface area contributed by atoms with Gasteiger partial charge in [-0.1, -0.05) is 18.2 Å². The molecule has 1 aliphatic rings. The molecule has 152 valence electrons. The molecule has 0 spiro atoms. The smallest absolute Gasteiger partial charge is 0.252 e. The van der Waals surface area contributed by atoms with Crippen LogP contribution in [0, 0.1) is 0 Å². The highest BCUT2D eigenvalue weighted by atomic mass is 16.1. The van der Waals surface area contributed by atoms with E-state index in [1.165, 1.54) is 0 Å². The Bertz CT molecular complexity index is 1430. The molecule has 1 atom stereocenters. The number of H-pyrrole nitrogens is 1. The predicted octanol–water partition coefficient (Wildman–Crippen LogP) is 4.84. The zero-order valence-electron chi connectivity index (χ0n) is 16.9. The zero-order valence-corrected chi connectivity index (χ0v) is 16.9. The van der Waals surface area contributed by atoms with Crippen molar-refractivity contribution in [3.63, 3.8) is 0 Å². The Labute approximate surface area is 179 Å². The van der Waals surface area contributed by atoms with Crippen molar-refractivity contribution in [3.8, 4) is 11.3 Å². The first-order valence-corrected chi connectivity index (χ1v) is 10.6. The minimum atomic E-state index is -0.0689. The summed E-state index contributed by atoms with van der Waals surface area (Å²) in [4.78, 5) is 25.1. The summed E-state index contributed by atoms with van der Waals surface area (Å²) >= 11 is 0. The third kappa shape index (κ3) is 2.99. The number of carbonyl (C=O) groups is 1. The van der Waals surface area contributed by atoms with E-state index in [-0.39, 0.29) is 11.9 Å². The third-order valence-corrected chi connectivity index (χ3v) is 6.14. The molecule has 1 aromatic carbocycles. The lowest BCUT2D eigenvalue weighted by atomic mass is 10.0. The molecule has 6 rings (SSSR count). The quantitative estimate of drug-likeness (QED) is 0.449. The van der Waals surface area contributed by atoms with Crippen molar-refractivity contribution in [1.29, 1.82) is 0 Å². The number of hydrogen-bond acceptors (Lipinski definition) is 3. The van der Waals surface area contributed by atoms with Gasteiger partial charge < -0.3 is 14.9 Å². The number of carbonyl (C=O) groups excluding carboxylic acids is 1. The van der Waals surface area contributed by atoms with Gasteiger partial charge in [0.25, 0.3) is 5.91 Å². The molecule has 6 nitrogen and oxygen atoms in total. The van der Waals surface area contributed by atoms with Gasteiger partial charge in [-0.2, -0.15) is 0 Å². The lowest BCUT2D eigenvalue weighted by molar-refractivity contribution is 0.0931. The van der Waals surface area contributed by atoms with Gasteiger partial charge in [0, 0.05) is 52.9 Å². The lowest BCUT2D eigenvalue weighted by Crippen LogP contribution is -2.32. The highest BCUT2D eigenvalue weighted by Gasteiger charge is 2.25. The zero-order chi connectivity index (χ0) is 20.8. The predicted molar refractivity (Wildman–Crippen MR) is 121 cm³/mol. The third-order valence-electron chi connectivity index (χ3n) is 6.14. The molecule has 0 saturated heterocycles. The van der Waals surface area contributed by atoms with E-state index >= 15 is 0 Å². The molecule has 0 fully saturated rings. The summed E-state index contributed by atoms with van der Waals surface area (Å²) in [7, 11) is 0. The molecule has 6 heteroatoms. The van der Waals surface area contributed by atoms with E-state index in [1.54, 1.807) is 12.3 Å². The van der Waals surface area contributed by atoms with E-state index in [2.05, 4.69) is 49.1 Å². The maximum Gasteiger partial charge on any atom is 0.252 e. The molecule has 0 saturated carbocycles. The molecule has 5 aromatic rings. The number of amides is 1. The van der Waals surface area contributed by atoms with Gasteiger partial charge >= 0.3 is 0 Å². The summed E-state index contributed by atoms with van der Waals surface area (Å²) in [5.74, 6) is -0.0689. The molecule has 4 aromatic heterocycles. The molecule has 0 aliphatic carbocycles. The van der Waals surface area contributed by atoms with Crippen molar-refractivity contribution in [3.05, 3.63) is 84.4 Å². The first-order chi connectivity index (χ1) is 15.3. The monoisotopic (exact) mass is 407 g/mol. The Morgan fingerprint density at radius 3 is 3.00 bits per heavy atom. The molecular weight excluding hydrogens is 386 g/mol. The normalized spacial score (nSPS) is 15.8. The molecule has 0 radical (unpaired) electrons. The van der Waals surface area contributed by atoms with Crippen molar-refractivity contribution < 1.29 is 4.79 Å². The maximum absolute atomic E-state index is 13.1. The summed E-state index contributed by atoms with van der Waals surface area (Å²) in [6.07, 6.45) is 7.35. The second-order valence-electron chi connectivity index (χ2n) is 7.98. The fourth-order valence-corrected chi connectivity index (χ4v) is 4.64. The Kier molecular flexibility index (Phi) is 4.09. The van der Waals surface area contributed by atoms with Gasteiger partial charge in [0.2, 0.25) is 0 Å². The van der Waals surface area contributed by atoms with Crippen molar-refractivity contribution in [2.24, 2.45) is 0 Å². The number of nitrogens with one attached hydrogen (secondary N) is 2. The number of aromatic amines is 1. The number of benzene rings is 1. The standard InChI is InChI=1S/C25H21N5O/c31-25(19-10-12-27-24-18(19)9-11-26-24)29-21-6-3-13-30-22(7-8-23(21)30)17-14-16-4-1-2-5-20(16)28-15-17/h1-2,4-5,7-12,14-15,21H,3,6,13H2,(H,26,27)(H,29,31). The van der Waals surface area contributed by atoms with Crippen LogP contribution in [0.25, 0.3) is 33.2 Å². The Hall–Kier alpha value is -3.93. The van der Waals surface area contributed by atoms with Crippen LogP contribution in [0.15, 0.2) is 73.2 Å². The average molecular weight is 407 g/mol. The van der Waals surface area contributed by atoms with E-state index in [9.17, 15) is 4.79 Å². The summed E-state index contributed by atoms with van der Waals surface area (Å²) in [6, 6.07) is 18.3. The van der Waals surface area contributed by atoms with Crippen LogP contribution in [0.3, 0.4) is 0 Å². The lowest BCUT2D eigenvalue weighted by Gasteiger charge is -2.27. The van der Waals surface area contributed by atoms with E-state index < -0.39 is 0 Å². The number of aromatic nitrogens is 4. The van der Waals surface area contributed by atoms with Crippen LogP contribution in [-0.4, -0.2) is 25.4 Å². The largest absolute Gasteiger partial charge is 0.346 e. The summed E-state index contributed by atoms with van der Waals surface area (Å²) in [5.41, 5.74) is 5.75. The summed E-state index contributed by atoms with van der Waals surface area (Å²) in [5, 5.41) is 5.22. The number of fused-ring (bicyclic) bond motifs is 3. The van der Waals surface area contributed by atoms with Gasteiger partial charge in [-0.15, -0.1) is 0 Å². The van der Waals surface area contributed by atoms with Gasteiger partial charge in [0.15, 0.2) is 0 Å². The van der Waals surface area contributed by atoms with E-state index in [0.29, 0.717) is 5.56 Å². The van der Waals surface area contributed by atoms with Crippen LogP contribution in [0.2, 0.25) is 0 Å². The fraction of sp³-hybridized carbons (Fsp3) is 0.160. The molecular formula is C25H21N5O. The molecule has 5 heterocycles. The number of hydrogen-bond donors (Lipinski definition) is 2. The molecule has 0 bridgehead atoms. The minimum Gasteiger partial charge on any atom is -0.346 e. The number of rotatable bonds is 3. The van der Waals surface area contributed by atoms with E-state index in [0.717, 1.165) is 58.3 Å². The summed E-state index contributed by atoms with van der Waals surface area (Å²) < 4.78 is 2.32. The highest BCUT2D eigenvalue weighted by Crippen LogP contribution is 2.33. The number of nitrogens with zero attached hydrogens (tertiary/aromatic N) is 3. The van der Waals surface area contributed by atoms with Crippen LogP contribution in [0.1, 0.15) is 34.9 Å². The average Bonchev–Trinajstić information content (AvgIpc) is 3.46.